The Morgan fingerprint density at radius 3 is 1.12 bits per heavy atom. The highest BCUT2D eigenvalue weighted by molar-refractivity contribution is 5.74. The van der Waals surface area contributed by atoms with E-state index in [4.69, 9.17) is 23.7 Å². The van der Waals surface area contributed by atoms with Crippen LogP contribution in [-0.4, -0.2) is 35.5 Å². The Labute approximate surface area is 189 Å². The lowest BCUT2D eigenvalue weighted by Crippen LogP contribution is -2.01. The Bertz CT molecular complexity index is 1140. The predicted octanol–water partition coefficient (Wildman–Crippen LogP) is 5.08. The van der Waals surface area contributed by atoms with Crippen molar-refractivity contribution in [2.45, 2.75) is 0 Å². The third kappa shape index (κ3) is 5.73. The van der Waals surface area contributed by atoms with Gasteiger partial charge in [0, 0.05) is 5.56 Å². The third-order valence-electron chi connectivity index (χ3n) is 4.34. The Morgan fingerprint density at radius 2 is 0.818 bits per heavy atom. The van der Waals surface area contributed by atoms with Gasteiger partial charge in [-0.15, -0.1) is 15.0 Å². The smallest absolute Gasteiger partial charge is 0.331 e. The molecule has 0 amide bonds. The molecule has 0 saturated heterocycles. The van der Waals surface area contributed by atoms with Gasteiger partial charge in [0.25, 0.3) is 0 Å². The molecule has 3 aromatic carbocycles. The maximum absolute atomic E-state index is 10.9. The zero-order chi connectivity index (χ0) is 23.0. The van der Waals surface area contributed by atoms with Crippen molar-refractivity contribution in [3.63, 3.8) is 0 Å². The third-order valence-corrected chi connectivity index (χ3v) is 4.34. The number of benzene rings is 3. The summed E-state index contributed by atoms with van der Waals surface area (Å²) in [5.74, 6) is 2.77. The second-order valence-electron chi connectivity index (χ2n) is 6.53. The molecule has 4 rings (SSSR count). The van der Waals surface area contributed by atoms with E-state index in [1.165, 1.54) is 0 Å². The van der Waals surface area contributed by atoms with Crippen LogP contribution in [0.3, 0.4) is 0 Å². The number of hydrogen-bond acceptors (Lipinski definition) is 9. The summed E-state index contributed by atoms with van der Waals surface area (Å²) in [6.45, 7) is 0. The Hall–Kier alpha value is -4.66. The molecule has 0 N–H and O–H groups in total. The van der Waals surface area contributed by atoms with Gasteiger partial charge in [-0.2, -0.15) is 0 Å². The zero-order valence-electron chi connectivity index (χ0n) is 17.8. The SMILES string of the molecule is COc1ccc(Oc2nc(Oc3ccc(C=O)cc3)nc(Oc3ccc(OC)cc3)n2)cc1. The van der Waals surface area contributed by atoms with Crippen LogP contribution < -0.4 is 23.7 Å². The van der Waals surface area contributed by atoms with Crippen LogP contribution in [0.4, 0.5) is 0 Å². The maximum atomic E-state index is 10.9. The van der Waals surface area contributed by atoms with E-state index in [1.54, 1.807) is 87.0 Å². The molecule has 0 aliphatic rings. The molecule has 0 radical (unpaired) electrons. The van der Waals surface area contributed by atoms with Gasteiger partial charge in [0.05, 0.1) is 14.2 Å². The second kappa shape index (κ2) is 10.1. The maximum Gasteiger partial charge on any atom is 0.331 e. The molecule has 0 aliphatic carbocycles. The fraction of sp³-hybridized carbons (Fsp3) is 0.0833. The number of hydrogen-bond donors (Lipinski definition) is 0. The van der Waals surface area contributed by atoms with E-state index < -0.39 is 0 Å². The van der Waals surface area contributed by atoms with E-state index in [1.807, 2.05) is 0 Å². The van der Waals surface area contributed by atoms with Gasteiger partial charge < -0.3 is 23.7 Å². The van der Waals surface area contributed by atoms with E-state index in [9.17, 15) is 4.79 Å². The molecule has 1 heterocycles. The lowest BCUT2D eigenvalue weighted by molar-refractivity contribution is 0.112. The van der Waals surface area contributed by atoms with Crippen LogP contribution in [0.2, 0.25) is 0 Å². The van der Waals surface area contributed by atoms with Gasteiger partial charge in [-0.1, -0.05) is 0 Å². The number of carbonyl (C=O) groups is 1. The van der Waals surface area contributed by atoms with Gasteiger partial charge in [-0.25, -0.2) is 0 Å². The summed E-state index contributed by atoms with van der Waals surface area (Å²) in [6.07, 6.45) is 0.744. The van der Waals surface area contributed by atoms with Crippen LogP contribution in [-0.2, 0) is 0 Å². The lowest BCUT2D eigenvalue weighted by atomic mass is 10.2. The van der Waals surface area contributed by atoms with Crippen molar-refractivity contribution in [3.8, 4) is 46.8 Å². The molecule has 0 saturated carbocycles. The first kappa shape index (κ1) is 21.6. The average Bonchev–Trinajstić information content (AvgIpc) is 2.85. The number of rotatable bonds is 9. The summed E-state index contributed by atoms with van der Waals surface area (Å²) >= 11 is 0. The van der Waals surface area contributed by atoms with Crippen molar-refractivity contribution in [2.75, 3.05) is 14.2 Å². The van der Waals surface area contributed by atoms with E-state index in [2.05, 4.69) is 15.0 Å². The molecule has 4 aromatic rings. The van der Waals surface area contributed by atoms with E-state index >= 15 is 0 Å². The average molecular weight is 445 g/mol. The second-order valence-corrected chi connectivity index (χ2v) is 6.53. The Balaban J connectivity index is 1.61. The number of carbonyl (C=O) groups excluding carboxylic acids is 1. The van der Waals surface area contributed by atoms with Crippen LogP contribution in [0, 0.1) is 0 Å². The van der Waals surface area contributed by atoms with E-state index in [0.29, 0.717) is 34.3 Å². The zero-order valence-corrected chi connectivity index (χ0v) is 17.8. The first-order valence-corrected chi connectivity index (χ1v) is 9.78. The molecular weight excluding hydrogens is 426 g/mol. The number of methoxy groups -OCH3 is 2. The highest BCUT2D eigenvalue weighted by atomic mass is 16.5. The topological polar surface area (TPSA) is 102 Å². The molecule has 0 aliphatic heterocycles. The van der Waals surface area contributed by atoms with Crippen molar-refractivity contribution in [1.82, 2.24) is 15.0 Å². The lowest BCUT2D eigenvalue weighted by Gasteiger charge is -2.10. The first-order valence-electron chi connectivity index (χ1n) is 9.78. The van der Waals surface area contributed by atoms with Crippen molar-refractivity contribution >= 4 is 6.29 Å². The Morgan fingerprint density at radius 1 is 0.515 bits per heavy atom. The number of aldehydes is 1. The first-order chi connectivity index (χ1) is 16.1. The number of nitrogens with zero attached hydrogens (tertiary/aromatic N) is 3. The molecule has 0 fully saturated rings. The van der Waals surface area contributed by atoms with Gasteiger partial charge in [0.2, 0.25) is 0 Å². The van der Waals surface area contributed by atoms with Crippen LogP contribution in [0.5, 0.6) is 46.8 Å². The van der Waals surface area contributed by atoms with Crippen LogP contribution in [0.15, 0.2) is 72.8 Å². The van der Waals surface area contributed by atoms with Gasteiger partial charge in [0.1, 0.15) is 35.0 Å². The summed E-state index contributed by atoms with van der Waals surface area (Å²) in [7, 11) is 3.16. The molecule has 0 spiro atoms. The highest BCUT2D eigenvalue weighted by Gasteiger charge is 2.13. The monoisotopic (exact) mass is 445 g/mol. The molecule has 1 aromatic heterocycles. The van der Waals surface area contributed by atoms with Gasteiger partial charge in [-0.3, -0.25) is 4.79 Å². The fourth-order valence-electron chi connectivity index (χ4n) is 2.68. The standard InChI is InChI=1S/C24H19N3O6/c1-29-17-7-11-20(12-8-17)32-23-25-22(31-19-5-3-16(15-28)4-6-19)26-24(27-23)33-21-13-9-18(30-2)10-14-21/h3-15H,1-2H3. The van der Waals surface area contributed by atoms with Crippen LogP contribution in [0.1, 0.15) is 10.4 Å². The predicted molar refractivity (Wildman–Crippen MR) is 118 cm³/mol. The molecule has 0 bridgehead atoms. The minimum atomic E-state index is -0.0455. The molecule has 166 valence electrons. The van der Waals surface area contributed by atoms with Crippen molar-refractivity contribution < 1.29 is 28.5 Å². The normalized spacial score (nSPS) is 10.2. The van der Waals surface area contributed by atoms with Gasteiger partial charge in [-0.05, 0) is 72.8 Å². The number of ether oxygens (including phenoxy) is 5. The van der Waals surface area contributed by atoms with Crippen LogP contribution in [0.25, 0.3) is 0 Å². The largest absolute Gasteiger partial charge is 0.497 e. The van der Waals surface area contributed by atoms with Gasteiger partial charge in [0.15, 0.2) is 0 Å². The molecule has 0 unspecified atom stereocenters. The highest BCUT2D eigenvalue weighted by Crippen LogP contribution is 2.28. The minimum Gasteiger partial charge on any atom is -0.497 e. The summed E-state index contributed by atoms with van der Waals surface area (Å²) in [5.41, 5.74) is 0.519. The van der Waals surface area contributed by atoms with Crippen LogP contribution >= 0.6 is 0 Å². The summed E-state index contributed by atoms with van der Waals surface area (Å²) in [4.78, 5) is 23.5. The molecule has 9 nitrogen and oxygen atoms in total. The van der Waals surface area contributed by atoms with Crippen molar-refractivity contribution in [2.24, 2.45) is 0 Å². The summed E-state index contributed by atoms with van der Waals surface area (Å²) < 4.78 is 27.6. The van der Waals surface area contributed by atoms with Crippen molar-refractivity contribution in [1.29, 1.82) is 0 Å². The van der Waals surface area contributed by atoms with Gasteiger partial charge >= 0.3 is 18.0 Å². The number of aromatic nitrogens is 3. The fourth-order valence-corrected chi connectivity index (χ4v) is 2.68. The molecule has 33 heavy (non-hydrogen) atoms. The molecule has 9 heteroatoms. The summed E-state index contributed by atoms with van der Waals surface area (Å²) in [6, 6.07) is 20.2. The molecular formula is C24H19N3O6. The minimum absolute atomic E-state index is 0.0295. The van der Waals surface area contributed by atoms with Crippen molar-refractivity contribution in [3.05, 3.63) is 78.4 Å². The van der Waals surface area contributed by atoms with E-state index in [0.717, 1.165) is 6.29 Å². The molecule has 0 atom stereocenters. The summed E-state index contributed by atoms with van der Waals surface area (Å²) in [5, 5.41) is 0. The van der Waals surface area contributed by atoms with E-state index in [-0.39, 0.29) is 18.0 Å². The quantitative estimate of drug-likeness (QED) is 0.326. The Kier molecular flexibility index (Phi) is 6.60.